The molecule has 0 aliphatic carbocycles. The molecule has 5 heteroatoms. The highest BCUT2D eigenvalue weighted by atomic mass is 16.5. The first-order chi connectivity index (χ1) is 7.79. The van der Waals surface area contributed by atoms with Crippen molar-refractivity contribution < 1.29 is 9.53 Å². The molecule has 2 unspecified atom stereocenters. The molecule has 86 valence electrons. The van der Waals surface area contributed by atoms with E-state index in [0.717, 1.165) is 12.8 Å². The fraction of sp³-hybridized carbons (Fsp3) is 0.455. The summed E-state index contributed by atoms with van der Waals surface area (Å²) in [6, 6.07) is 5.36. The van der Waals surface area contributed by atoms with E-state index in [1.165, 1.54) is 0 Å². The third-order valence-electron chi connectivity index (χ3n) is 2.58. The van der Waals surface area contributed by atoms with Crippen LogP contribution in [0.25, 0.3) is 0 Å². The monoisotopic (exact) mass is 221 g/mol. The number of hydrogen-bond donors (Lipinski definition) is 2. The zero-order valence-corrected chi connectivity index (χ0v) is 8.93. The summed E-state index contributed by atoms with van der Waals surface area (Å²) >= 11 is 0. The molecule has 1 aliphatic rings. The van der Waals surface area contributed by atoms with Crippen molar-refractivity contribution in [3.8, 4) is 0 Å². The topological polar surface area (TPSA) is 77.2 Å². The van der Waals surface area contributed by atoms with Crippen LogP contribution in [-0.2, 0) is 9.53 Å². The summed E-state index contributed by atoms with van der Waals surface area (Å²) in [4.78, 5) is 15.8. The van der Waals surface area contributed by atoms with Crippen LogP contribution in [0.1, 0.15) is 12.8 Å². The number of nitrogens with one attached hydrogen (secondary N) is 1. The number of ether oxygens (including phenoxy) is 1. The summed E-state index contributed by atoms with van der Waals surface area (Å²) < 4.78 is 5.48. The van der Waals surface area contributed by atoms with E-state index in [9.17, 15) is 4.79 Å². The van der Waals surface area contributed by atoms with Gasteiger partial charge >= 0.3 is 0 Å². The van der Waals surface area contributed by atoms with E-state index in [2.05, 4.69) is 10.3 Å². The molecule has 1 fully saturated rings. The van der Waals surface area contributed by atoms with E-state index in [1.54, 1.807) is 18.3 Å². The van der Waals surface area contributed by atoms with Crippen molar-refractivity contribution >= 4 is 11.7 Å². The Morgan fingerprint density at radius 2 is 2.44 bits per heavy atom. The van der Waals surface area contributed by atoms with Gasteiger partial charge in [0.15, 0.2) is 0 Å². The van der Waals surface area contributed by atoms with Gasteiger partial charge in [-0.05, 0) is 25.0 Å². The molecule has 3 N–H and O–H groups in total. The molecular weight excluding hydrogens is 206 g/mol. The molecule has 16 heavy (non-hydrogen) atoms. The zero-order chi connectivity index (χ0) is 11.4. The van der Waals surface area contributed by atoms with Crippen LogP contribution in [-0.4, -0.2) is 29.6 Å². The van der Waals surface area contributed by atoms with E-state index in [1.807, 2.05) is 6.07 Å². The molecule has 1 amide bonds. The maximum atomic E-state index is 11.8. The van der Waals surface area contributed by atoms with Crippen LogP contribution in [0.15, 0.2) is 24.4 Å². The fourth-order valence-electron chi connectivity index (χ4n) is 1.72. The highest BCUT2D eigenvalue weighted by Gasteiger charge is 2.29. The second-order valence-corrected chi connectivity index (χ2v) is 3.76. The second kappa shape index (κ2) is 5.05. The Bertz CT molecular complexity index is 356. The zero-order valence-electron chi connectivity index (χ0n) is 8.93. The Hall–Kier alpha value is -1.46. The minimum absolute atomic E-state index is 0.0134. The van der Waals surface area contributed by atoms with E-state index in [-0.39, 0.29) is 12.0 Å². The average molecular weight is 221 g/mol. The predicted octanol–water partition coefficient (Wildman–Crippen LogP) is 0.526. The van der Waals surface area contributed by atoms with Crippen LogP contribution in [0.2, 0.25) is 0 Å². The largest absolute Gasteiger partial charge is 0.364 e. The minimum atomic E-state index is -0.393. The molecule has 0 bridgehead atoms. The summed E-state index contributed by atoms with van der Waals surface area (Å²) in [5.41, 5.74) is 5.48. The Morgan fingerprint density at radius 1 is 1.56 bits per heavy atom. The molecular formula is C11H15N3O2. The lowest BCUT2D eigenvalue weighted by atomic mass is 10.2. The van der Waals surface area contributed by atoms with Gasteiger partial charge in [-0.1, -0.05) is 6.07 Å². The summed E-state index contributed by atoms with van der Waals surface area (Å²) in [5, 5.41) is 2.71. The molecule has 0 radical (unpaired) electrons. The first kappa shape index (κ1) is 11.0. The first-order valence-electron chi connectivity index (χ1n) is 5.37. The molecule has 1 aliphatic heterocycles. The van der Waals surface area contributed by atoms with Crippen molar-refractivity contribution in [2.45, 2.75) is 25.0 Å². The molecule has 0 spiro atoms. The minimum Gasteiger partial charge on any atom is -0.364 e. The number of aromatic nitrogens is 1. The summed E-state index contributed by atoms with van der Waals surface area (Å²) in [5.74, 6) is 0.405. The molecule has 2 rings (SSSR count). The van der Waals surface area contributed by atoms with Gasteiger partial charge in [0.1, 0.15) is 11.9 Å². The number of amides is 1. The van der Waals surface area contributed by atoms with Gasteiger partial charge < -0.3 is 15.8 Å². The van der Waals surface area contributed by atoms with Gasteiger partial charge in [0, 0.05) is 12.7 Å². The van der Waals surface area contributed by atoms with Crippen molar-refractivity contribution in [1.29, 1.82) is 0 Å². The molecule has 0 saturated carbocycles. The third kappa shape index (κ3) is 2.56. The molecule has 2 heterocycles. The lowest BCUT2D eigenvalue weighted by Gasteiger charge is -2.11. The highest BCUT2D eigenvalue weighted by molar-refractivity contribution is 5.93. The lowest BCUT2D eigenvalue weighted by Crippen LogP contribution is -2.30. The Kier molecular flexibility index (Phi) is 3.48. The maximum absolute atomic E-state index is 11.8. The third-order valence-corrected chi connectivity index (χ3v) is 2.58. The van der Waals surface area contributed by atoms with Gasteiger partial charge in [-0.2, -0.15) is 0 Å². The number of rotatable bonds is 3. The quantitative estimate of drug-likeness (QED) is 0.780. The van der Waals surface area contributed by atoms with Gasteiger partial charge in [-0.3, -0.25) is 4.79 Å². The Labute approximate surface area is 94.0 Å². The summed E-state index contributed by atoms with van der Waals surface area (Å²) in [6.07, 6.45) is 2.82. The van der Waals surface area contributed by atoms with Crippen LogP contribution in [0.5, 0.6) is 0 Å². The summed E-state index contributed by atoms with van der Waals surface area (Å²) in [6.45, 7) is 0.466. The van der Waals surface area contributed by atoms with Crippen molar-refractivity contribution in [2.75, 3.05) is 11.9 Å². The van der Waals surface area contributed by atoms with E-state index >= 15 is 0 Å². The molecule has 1 aromatic heterocycles. The van der Waals surface area contributed by atoms with Crippen LogP contribution in [0.3, 0.4) is 0 Å². The fourth-order valence-corrected chi connectivity index (χ4v) is 1.72. The lowest BCUT2D eigenvalue weighted by molar-refractivity contribution is -0.126. The number of carbonyl (C=O) groups excluding carboxylic acids is 1. The van der Waals surface area contributed by atoms with E-state index < -0.39 is 6.10 Å². The number of pyridine rings is 1. The number of anilines is 1. The van der Waals surface area contributed by atoms with Gasteiger partial charge in [0.25, 0.3) is 5.91 Å². The van der Waals surface area contributed by atoms with Gasteiger partial charge in [-0.25, -0.2) is 4.98 Å². The molecule has 1 saturated heterocycles. The van der Waals surface area contributed by atoms with Gasteiger partial charge in [0.2, 0.25) is 0 Å². The molecule has 0 aromatic carbocycles. The second-order valence-electron chi connectivity index (χ2n) is 3.76. The Balaban J connectivity index is 1.90. The Morgan fingerprint density at radius 3 is 3.06 bits per heavy atom. The normalized spacial score (nSPS) is 24.3. The van der Waals surface area contributed by atoms with Crippen molar-refractivity contribution in [2.24, 2.45) is 5.73 Å². The maximum Gasteiger partial charge on any atom is 0.254 e. The van der Waals surface area contributed by atoms with Crippen molar-refractivity contribution in [3.63, 3.8) is 0 Å². The van der Waals surface area contributed by atoms with Crippen molar-refractivity contribution in [3.05, 3.63) is 24.4 Å². The van der Waals surface area contributed by atoms with Crippen LogP contribution in [0.4, 0.5) is 5.82 Å². The van der Waals surface area contributed by atoms with E-state index in [4.69, 9.17) is 10.5 Å². The van der Waals surface area contributed by atoms with Crippen LogP contribution >= 0.6 is 0 Å². The SMILES string of the molecule is NCC1CCC(C(=O)Nc2ccccn2)O1. The molecule has 5 nitrogen and oxygen atoms in total. The highest BCUT2D eigenvalue weighted by Crippen LogP contribution is 2.19. The molecule has 1 aromatic rings. The van der Waals surface area contributed by atoms with Crippen LogP contribution < -0.4 is 11.1 Å². The summed E-state index contributed by atoms with van der Waals surface area (Å²) in [7, 11) is 0. The number of carbonyl (C=O) groups is 1. The smallest absolute Gasteiger partial charge is 0.254 e. The number of nitrogens with two attached hydrogens (primary N) is 1. The number of hydrogen-bond acceptors (Lipinski definition) is 4. The van der Waals surface area contributed by atoms with Crippen LogP contribution in [0, 0.1) is 0 Å². The van der Waals surface area contributed by atoms with Gasteiger partial charge in [0.05, 0.1) is 6.10 Å². The first-order valence-corrected chi connectivity index (χ1v) is 5.37. The molecule has 2 atom stereocenters. The van der Waals surface area contributed by atoms with Crippen molar-refractivity contribution in [1.82, 2.24) is 4.98 Å². The standard InChI is InChI=1S/C11H15N3O2/c12-7-8-4-5-9(16-8)11(15)14-10-3-1-2-6-13-10/h1-3,6,8-9H,4-5,7,12H2,(H,13,14,15). The predicted molar refractivity (Wildman–Crippen MR) is 59.8 cm³/mol. The van der Waals surface area contributed by atoms with Gasteiger partial charge in [-0.15, -0.1) is 0 Å². The van der Waals surface area contributed by atoms with E-state index in [0.29, 0.717) is 12.4 Å². The average Bonchev–Trinajstić information content (AvgIpc) is 2.79. The number of nitrogens with zero attached hydrogens (tertiary/aromatic N) is 1.